The lowest BCUT2D eigenvalue weighted by molar-refractivity contribution is 0.209. The van der Waals surface area contributed by atoms with Gasteiger partial charge in [-0.2, -0.15) is 0 Å². The fourth-order valence-corrected chi connectivity index (χ4v) is 1.43. The molecule has 0 amide bonds. The van der Waals surface area contributed by atoms with Gasteiger partial charge in [0.1, 0.15) is 11.5 Å². The van der Waals surface area contributed by atoms with E-state index in [0.717, 1.165) is 5.56 Å². The lowest BCUT2D eigenvalue weighted by Crippen LogP contribution is -2.35. The molecule has 1 rings (SSSR count). The van der Waals surface area contributed by atoms with Crippen LogP contribution in [0.15, 0.2) is 18.2 Å². The number of hydrogen-bond donors (Lipinski definition) is 2. The summed E-state index contributed by atoms with van der Waals surface area (Å²) < 4.78 is 10.4. The summed E-state index contributed by atoms with van der Waals surface area (Å²) in [6.45, 7) is 2.25. The van der Waals surface area contributed by atoms with Gasteiger partial charge in [0.25, 0.3) is 0 Å². The molecule has 90 valence electrons. The van der Waals surface area contributed by atoms with Crippen LogP contribution in [-0.2, 0) is 5.41 Å². The predicted octanol–water partition coefficient (Wildman–Crippen LogP) is 0.912. The normalized spacial score (nSPS) is 14.3. The molecule has 0 aliphatic carbocycles. The van der Waals surface area contributed by atoms with Crippen LogP contribution in [0.1, 0.15) is 12.5 Å². The highest BCUT2D eigenvalue weighted by atomic mass is 16.5. The first-order valence-electron chi connectivity index (χ1n) is 5.14. The maximum Gasteiger partial charge on any atom is 0.122 e. The summed E-state index contributed by atoms with van der Waals surface area (Å²) in [4.78, 5) is 0. The molecule has 0 aliphatic heterocycles. The molecule has 0 saturated heterocycles. The zero-order chi connectivity index (χ0) is 12.2. The highest BCUT2D eigenvalue weighted by Gasteiger charge is 2.25. The van der Waals surface area contributed by atoms with E-state index in [1.807, 2.05) is 19.1 Å². The van der Waals surface area contributed by atoms with E-state index < -0.39 is 5.41 Å². The molecule has 0 bridgehead atoms. The van der Waals surface area contributed by atoms with Crippen LogP contribution >= 0.6 is 0 Å². The second-order valence-corrected chi connectivity index (χ2v) is 4.02. The standard InChI is InChI=1S/C12H19NO3/c1-12(7-13,8-14)9-4-10(15-2)6-11(5-9)16-3/h4-6,14H,7-8,13H2,1-3H3. The van der Waals surface area contributed by atoms with Gasteiger partial charge >= 0.3 is 0 Å². The molecule has 0 aliphatic rings. The van der Waals surface area contributed by atoms with Crippen molar-refractivity contribution in [3.63, 3.8) is 0 Å². The zero-order valence-electron chi connectivity index (χ0n) is 9.99. The first-order chi connectivity index (χ1) is 7.59. The Morgan fingerprint density at radius 2 is 1.69 bits per heavy atom. The Morgan fingerprint density at radius 1 is 1.19 bits per heavy atom. The fraction of sp³-hybridized carbons (Fsp3) is 0.500. The van der Waals surface area contributed by atoms with E-state index in [1.54, 1.807) is 20.3 Å². The molecule has 1 atom stereocenters. The van der Waals surface area contributed by atoms with E-state index in [4.69, 9.17) is 15.2 Å². The number of rotatable bonds is 5. The summed E-state index contributed by atoms with van der Waals surface area (Å²) in [5.74, 6) is 1.39. The Morgan fingerprint density at radius 3 is 2.00 bits per heavy atom. The van der Waals surface area contributed by atoms with Gasteiger partial charge in [-0.05, 0) is 17.7 Å². The predicted molar refractivity (Wildman–Crippen MR) is 63.0 cm³/mol. The molecular weight excluding hydrogens is 206 g/mol. The third-order valence-electron chi connectivity index (χ3n) is 2.85. The maximum atomic E-state index is 9.40. The topological polar surface area (TPSA) is 64.7 Å². The van der Waals surface area contributed by atoms with Crippen LogP contribution in [0.5, 0.6) is 11.5 Å². The van der Waals surface area contributed by atoms with Gasteiger partial charge < -0.3 is 20.3 Å². The molecule has 0 fully saturated rings. The van der Waals surface area contributed by atoms with Crippen molar-refractivity contribution in [1.29, 1.82) is 0 Å². The number of hydrogen-bond acceptors (Lipinski definition) is 4. The van der Waals surface area contributed by atoms with Gasteiger partial charge in [-0.3, -0.25) is 0 Å². The van der Waals surface area contributed by atoms with E-state index in [-0.39, 0.29) is 6.61 Å². The highest BCUT2D eigenvalue weighted by molar-refractivity contribution is 5.42. The SMILES string of the molecule is COc1cc(OC)cc(C(C)(CN)CO)c1. The van der Waals surface area contributed by atoms with Crippen molar-refractivity contribution in [2.75, 3.05) is 27.4 Å². The Labute approximate surface area is 96.0 Å². The lowest BCUT2D eigenvalue weighted by atomic mass is 9.83. The van der Waals surface area contributed by atoms with Gasteiger partial charge in [0.15, 0.2) is 0 Å². The minimum absolute atomic E-state index is 0.0141. The number of ether oxygens (including phenoxy) is 2. The van der Waals surface area contributed by atoms with Crippen LogP contribution in [0.2, 0.25) is 0 Å². The number of benzene rings is 1. The zero-order valence-corrected chi connectivity index (χ0v) is 9.99. The van der Waals surface area contributed by atoms with Crippen molar-refractivity contribution < 1.29 is 14.6 Å². The van der Waals surface area contributed by atoms with E-state index in [2.05, 4.69) is 0 Å². The summed E-state index contributed by atoms with van der Waals surface area (Å²) >= 11 is 0. The largest absolute Gasteiger partial charge is 0.497 e. The highest BCUT2D eigenvalue weighted by Crippen LogP contribution is 2.30. The van der Waals surface area contributed by atoms with Crippen LogP contribution < -0.4 is 15.2 Å². The van der Waals surface area contributed by atoms with Crippen LogP contribution in [0, 0.1) is 0 Å². The van der Waals surface area contributed by atoms with Gasteiger partial charge in [0, 0.05) is 18.0 Å². The Bertz CT molecular complexity index is 326. The van der Waals surface area contributed by atoms with Gasteiger partial charge in [-0.25, -0.2) is 0 Å². The van der Waals surface area contributed by atoms with E-state index >= 15 is 0 Å². The number of nitrogens with two attached hydrogens (primary N) is 1. The summed E-state index contributed by atoms with van der Waals surface area (Å²) in [7, 11) is 3.19. The van der Waals surface area contributed by atoms with Crippen LogP contribution in [0.4, 0.5) is 0 Å². The second kappa shape index (κ2) is 5.18. The molecule has 0 saturated carbocycles. The number of aliphatic hydroxyl groups is 1. The van der Waals surface area contributed by atoms with E-state index in [9.17, 15) is 5.11 Å². The minimum atomic E-state index is -0.470. The first-order valence-corrected chi connectivity index (χ1v) is 5.14. The maximum absolute atomic E-state index is 9.40. The van der Waals surface area contributed by atoms with Crippen molar-refractivity contribution in [1.82, 2.24) is 0 Å². The summed E-state index contributed by atoms with van der Waals surface area (Å²) in [5, 5.41) is 9.40. The summed E-state index contributed by atoms with van der Waals surface area (Å²) in [6, 6.07) is 5.52. The van der Waals surface area contributed by atoms with Crippen molar-refractivity contribution >= 4 is 0 Å². The summed E-state index contributed by atoms with van der Waals surface area (Å²) in [5.41, 5.74) is 6.13. The molecular formula is C12H19NO3. The summed E-state index contributed by atoms with van der Waals surface area (Å²) in [6.07, 6.45) is 0. The Kier molecular flexibility index (Phi) is 4.15. The molecule has 0 spiro atoms. The third-order valence-corrected chi connectivity index (χ3v) is 2.85. The van der Waals surface area contributed by atoms with Crippen molar-refractivity contribution in [3.8, 4) is 11.5 Å². The van der Waals surface area contributed by atoms with Crippen LogP contribution in [0.25, 0.3) is 0 Å². The quantitative estimate of drug-likeness (QED) is 0.782. The third kappa shape index (κ3) is 2.46. The molecule has 1 aromatic rings. The lowest BCUT2D eigenvalue weighted by Gasteiger charge is -2.26. The fourth-order valence-electron chi connectivity index (χ4n) is 1.43. The van der Waals surface area contributed by atoms with Gasteiger partial charge in [-0.15, -0.1) is 0 Å². The molecule has 0 radical (unpaired) electrons. The monoisotopic (exact) mass is 225 g/mol. The van der Waals surface area contributed by atoms with Crippen LogP contribution in [-0.4, -0.2) is 32.5 Å². The molecule has 4 nitrogen and oxygen atoms in total. The molecule has 1 unspecified atom stereocenters. The van der Waals surface area contributed by atoms with Crippen molar-refractivity contribution in [2.24, 2.45) is 5.73 Å². The molecule has 4 heteroatoms. The number of aliphatic hydroxyl groups excluding tert-OH is 1. The average Bonchev–Trinajstić information content (AvgIpc) is 2.36. The number of methoxy groups -OCH3 is 2. The van der Waals surface area contributed by atoms with E-state index in [0.29, 0.717) is 18.0 Å². The smallest absolute Gasteiger partial charge is 0.122 e. The second-order valence-electron chi connectivity index (χ2n) is 4.02. The Hall–Kier alpha value is -1.26. The molecule has 3 N–H and O–H groups in total. The molecule has 0 aromatic heterocycles. The first kappa shape index (κ1) is 12.8. The van der Waals surface area contributed by atoms with E-state index in [1.165, 1.54) is 0 Å². The average molecular weight is 225 g/mol. The molecule has 16 heavy (non-hydrogen) atoms. The van der Waals surface area contributed by atoms with Crippen LogP contribution in [0.3, 0.4) is 0 Å². The minimum Gasteiger partial charge on any atom is -0.497 e. The van der Waals surface area contributed by atoms with Gasteiger partial charge in [0.05, 0.1) is 20.8 Å². The van der Waals surface area contributed by atoms with Crippen molar-refractivity contribution in [2.45, 2.75) is 12.3 Å². The van der Waals surface area contributed by atoms with Gasteiger partial charge in [-0.1, -0.05) is 6.92 Å². The molecule has 0 heterocycles. The molecule has 1 aromatic carbocycles. The Balaban J connectivity index is 3.21. The van der Waals surface area contributed by atoms with Crippen molar-refractivity contribution in [3.05, 3.63) is 23.8 Å². The van der Waals surface area contributed by atoms with Gasteiger partial charge in [0.2, 0.25) is 0 Å².